The minimum atomic E-state index is -0.732. The summed E-state index contributed by atoms with van der Waals surface area (Å²) in [4.78, 5) is 27.2. The monoisotopic (exact) mass is 416 g/mol. The van der Waals surface area contributed by atoms with Crippen LogP contribution in [0.5, 0.6) is 5.75 Å². The van der Waals surface area contributed by atoms with E-state index in [1.807, 2.05) is 17.0 Å². The van der Waals surface area contributed by atoms with Crippen LogP contribution in [0.3, 0.4) is 0 Å². The summed E-state index contributed by atoms with van der Waals surface area (Å²) >= 11 is 0. The molecule has 1 N–H and O–H groups in total. The van der Waals surface area contributed by atoms with Crippen molar-refractivity contribution in [2.75, 3.05) is 31.6 Å². The van der Waals surface area contributed by atoms with Crippen LogP contribution in [0, 0.1) is 5.92 Å². The maximum Gasteiger partial charge on any atom is 0.260 e. The van der Waals surface area contributed by atoms with Crippen molar-refractivity contribution in [2.24, 2.45) is 5.92 Å². The molecule has 0 spiro atoms. The van der Waals surface area contributed by atoms with Crippen LogP contribution in [0.25, 0.3) is 0 Å². The number of likely N-dealkylation sites (tertiary alicyclic amines) is 1. The standard InChI is InChI=1S/C24H36N2O4/c1-3-16-30-24(13-7-8-19(2)17-24)23(28)25-20-9-11-21(12-10-20)29-18-22(27)26-14-5-4-6-15-26/h9-12,19H,3-8,13-18H2,1-2H3,(H,25,28). The molecule has 2 unspecified atom stereocenters. The summed E-state index contributed by atoms with van der Waals surface area (Å²) in [5.74, 6) is 1.08. The van der Waals surface area contributed by atoms with Gasteiger partial charge in [0.1, 0.15) is 11.4 Å². The second-order valence-corrected chi connectivity index (χ2v) is 8.75. The molecule has 1 saturated carbocycles. The molecule has 2 aliphatic rings. The maximum absolute atomic E-state index is 13.1. The van der Waals surface area contributed by atoms with Gasteiger partial charge in [0.05, 0.1) is 0 Å². The number of carbonyl (C=O) groups is 2. The van der Waals surface area contributed by atoms with Crippen molar-refractivity contribution in [3.05, 3.63) is 24.3 Å². The fraction of sp³-hybridized carbons (Fsp3) is 0.667. The highest BCUT2D eigenvalue weighted by molar-refractivity contribution is 5.97. The lowest BCUT2D eigenvalue weighted by Gasteiger charge is -2.38. The molecule has 6 nitrogen and oxygen atoms in total. The molecule has 0 bridgehead atoms. The van der Waals surface area contributed by atoms with E-state index >= 15 is 0 Å². The maximum atomic E-state index is 13.1. The lowest BCUT2D eigenvalue weighted by atomic mass is 9.78. The summed E-state index contributed by atoms with van der Waals surface area (Å²) < 4.78 is 11.7. The van der Waals surface area contributed by atoms with Gasteiger partial charge < -0.3 is 19.7 Å². The Kier molecular flexibility index (Phi) is 8.14. The number of benzene rings is 1. The summed E-state index contributed by atoms with van der Waals surface area (Å²) in [6, 6.07) is 7.22. The Morgan fingerprint density at radius 2 is 1.87 bits per heavy atom. The van der Waals surface area contributed by atoms with Crippen molar-refractivity contribution in [3.8, 4) is 5.75 Å². The van der Waals surface area contributed by atoms with Crippen LogP contribution in [0.2, 0.25) is 0 Å². The van der Waals surface area contributed by atoms with Crippen LogP contribution in [-0.4, -0.2) is 48.6 Å². The molecule has 1 aliphatic carbocycles. The summed E-state index contributed by atoms with van der Waals surface area (Å²) in [7, 11) is 0. The van der Waals surface area contributed by atoms with Gasteiger partial charge in [0.15, 0.2) is 6.61 Å². The summed E-state index contributed by atoms with van der Waals surface area (Å²) in [6.07, 6.45) is 7.92. The van der Waals surface area contributed by atoms with Crippen LogP contribution < -0.4 is 10.1 Å². The van der Waals surface area contributed by atoms with Crippen LogP contribution in [0.1, 0.15) is 65.2 Å². The molecule has 6 heteroatoms. The topological polar surface area (TPSA) is 67.9 Å². The van der Waals surface area contributed by atoms with Crippen molar-refractivity contribution in [1.29, 1.82) is 0 Å². The Morgan fingerprint density at radius 1 is 1.13 bits per heavy atom. The van der Waals surface area contributed by atoms with Gasteiger partial charge in [-0.1, -0.05) is 20.3 Å². The number of hydrogen-bond acceptors (Lipinski definition) is 4. The van der Waals surface area contributed by atoms with E-state index in [1.54, 1.807) is 12.1 Å². The second kappa shape index (κ2) is 10.8. The third-order valence-corrected chi connectivity index (χ3v) is 6.14. The Morgan fingerprint density at radius 3 is 2.53 bits per heavy atom. The predicted octanol–water partition coefficient (Wildman–Crippen LogP) is 4.39. The molecular formula is C24H36N2O4. The van der Waals surface area contributed by atoms with Crippen molar-refractivity contribution in [3.63, 3.8) is 0 Å². The summed E-state index contributed by atoms with van der Waals surface area (Å²) in [6.45, 7) is 6.55. The molecule has 1 heterocycles. The number of piperidine rings is 1. The van der Waals surface area contributed by atoms with Crippen molar-refractivity contribution in [1.82, 2.24) is 4.90 Å². The van der Waals surface area contributed by atoms with Crippen LogP contribution in [-0.2, 0) is 14.3 Å². The smallest absolute Gasteiger partial charge is 0.260 e. The minimum Gasteiger partial charge on any atom is -0.484 e. The molecule has 2 fully saturated rings. The average Bonchev–Trinajstić information content (AvgIpc) is 2.77. The van der Waals surface area contributed by atoms with Gasteiger partial charge in [-0.25, -0.2) is 0 Å². The molecule has 2 amide bonds. The Balaban J connectivity index is 1.54. The van der Waals surface area contributed by atoms with Crippen LogP contribution in [0.4, 0.5) is 5.69 Å². The fourth-order valence-corrected chi connectivity index (χ4v) is 4.46. The molecule has 2 atom stereocenters. The van der Waals surface area contributed by atoms with E-state index in [0.717, 1.165) is 58.0 Å². The zero-order valence-electron chi connectivity index (χ0n) is 18.5. The van der Waals surface area contributed by atoms with E-state index in [9.17, 15) is 9.59 Å². The van der Waals surface area contributed by atoms with E-state index in [1.165, 1.54) is 6.42 Å². The van der Waals surface area contributed by atoms with Gasteiger partial charge in [-0.3, -0.25) is 9.59 Å². The molecule has 0 radical (unpaired) electrons. The highest BCUT2D eigenvalue weighted by Gasteiger charge is 2.42. The van der Waals surface area contributed by atoms with E-state index in [-0.39, 0.29) is 18.4 Å². The van der Waals surface area contributed by atoms with Gasteiger partial charge in [-0.2, -0.15) is 0 Å². The van der Waals surface area contributed by atoms with E-state index in [4.69, 9.17) is 9.47 Å². The number of hydrogen-bond donors (Lipinski definition) is 1. The molecule has 1 aromatic rings. The molecule has 0 aromatic heterocycles. The first-order chi connectivity index (χ1) is 14.5. The number of rotatable bonds is 8. The third kappa shape index (κ3) is 5.97. The molecule has 166 valence electrons. The normalized spacial score (nSPS) is 24.3. The Bertz CT molecular complexity index is 700. The van der Waals surface area contributed by atoms with Gasteiger partial charge in [0, 0.05) is 25.4 Å². The van der Waals surface area contributed by atoms with Crippen LogP contribution in [0.15, 0.2) is 24.3 Å². The lowest BCUT2D eigenvalue weighted by Crippen LogP contribution is -2.48. The lowest BCUT2D eigenvalue weighted by molar-refractivity contribution is -0.148. The highest BCUT2D eigenvalue weighted by atomic mass is 16.5. The molecule has 1 saturated heterocycles. The van der Waals surface area contributed by atoms with E-state index in [2.05, 4.69) is 19.2 Å². The predicted molar refractivity (Wildman–Crippen MR) is 118 cm³/mol. The third-order valence-electron chi connectivity index (χ3n) is 6.14. The number of ether oxygens (including phenoxy) is 2. The minimum absolute atomic E-state index is 0.0357. The van der Waals surface area contributed by atoms with Crippen molar-refractivity contribution in [2.45, 2.75) is 70.8 Å². The van der Waals surface area contributed by atoms with E-state index < -0.39 is 5.60 Å². The van der Waals surface area contributed by atoms with Gasteiger partial charge in [0.25, 0.3) is 11.8 Å². The Hall–Kier alpha value is -2.08. The molecule has 30 heavy (non-hydrogen) atoms. The Labute approximate surface area is 180 Å². The van der Waals surface area contributed by atoms with Crippen molar-refractivity contribution < 1.29 is 19.1 Å². The molecule has 3 rings (SSSR count). The molecule has 1 aromatic carbocycles. The summed E-state index contributed by atoms with van der Waals surface area (Å²) in [5, 5.41) is 3.03. The number of amides is 2. The van der Waals surface area contributed by atoms with Crippen molar-refractivity contribution >= 4 is 17.5 Å². The highest BCUT2D eigenvalue weighted by Crippen LogP contribution is 2.36. The van der Waals surface area contributed by atoms with Gasteiger partial charge in [-0.15, -0.1) is 0 Å². The quantitative estimate of drug-likeness (QED) is 0.682. The van der Waals surface area contributed by atoms with Gasteiger partial charge in [-0.05, 0) is 75.1 Å². The number of carbonyl (C=O) groups excluding carboxylic acids is 2. The second-order valence-electron chi connectivity index (χ2n) is 8.75. The summed E-state index contributed by atoms with van der Waals surface area (Å²) in [5.41, 5.74) is -0.0172. The van der Waals surface area contributed by atoms with Gasteiger partial charge in [0.2, 0.25) is 0 Å². The first kappa shape index (κ1) is 22.6. The first-order valence-corrected chi connectivity index (χ1v) is 11.5. The fourth-order valence-electron chi connectivity index (χ4n) is 4.46. The largest absolute Gasteiger partial charge is 0.484 e. The number of nitrogens with one attached hydrogen (secondary N) is 1. The molecule has 1 aliphatic heterocycles. The number of nitrogens with zero attached hydrogens (tertiary/aromatic N) is 1. The van der Waals surface area contributed by atoms with Crippen LogP contribution >= 0.6 is 0 Å². The molecular weight excluding hydrogens is 380 g/mol. The zero-order valence-corrected chi connectivity index (χ0v) is 18.5. The zero-order chi connectivity index (χ0) is 21.4. The SMILES string of the molecule is CCCOC1(C(=O)Nc2ccc(OCC(=O)N3CCCCC3)cc2)CCCC(C)C1. The van der Waals surface area contributed by atoms with Gasteiger partial charge >= 0.3 is 0 Å². The number of anilines is 1. The first-order valence-electron chi connectivity index (χ1n) is 11.5. The van der Waals surface area contributed by atoms with E-state index in [0.29, 0.717) is 24.0 Å². The average molecular weight is 417 g/mol.